The van der Waals surface area contributed by atoms with Gasteiger partial charge in [0.25, 0.3) is 0 Å². The molecule has 0 spiro atoms. The number of aromatic amines is 1. The number of sulfone groups is 1. The normalized spacial score (nSPS) is 15.6. The molecule has 2 heterocycles. The van der Waals surface area contributed by atoms with Crippen LogP contribution in [-0.2, 0) is 9.84 Å². The number of rotatable bonds is 3. The van der Waals surface area contributed by atoms with Crippen molar-refractivity contribution in [3.63, 3.8) is 0 Å². The van der Waals surface area contributed by atoms with Crippen LogP contribution in [0.2, 0.25) is 0 Å². The van der Waals surface area contributed by atoms with Gasteiger partial charge in [-0.1, -0.05) is 12.1 Å². The van der Waals surface area contributed by atoms with Gasteiger partial charge >= 0.3 is 0 Å². The van der Waals surface area contributed by atoms with E-state index in [0.29, 0.717) is 10.9 Å². The van der Waals surface area contributed by atoms with Gasteiger partial charge in [0.2, 0.25) is 9.84 Å². The molecule has 0 aliphatic carbocycles. The molecule has 0 radical (unpaired) electrons. The van der Waals surface area contributed by atoms with E-state index in [2.05, 4.69) is 20.4 Å². The Morgan fingerprint density at radius 3 is 2.60 bits per heavy atom. The number of fused-ring (bicyclic) bond motifs is 1. The predicted molar refractivity (Wildman–Crippen MR) is 93.0 cm³/mol. The molecule has 130 valence electrons. The topological polar surface area (TPSA) is 78.1 Å². The second kappa shape index (κ2) is 6.12. The summed E-state index contributed by atoms with van der Waals surface area (Å²) in [5, 5.41) is 10.6. The van der Waals surface area contributed by atoms with Gasteiger partial charge in [-0.15, -0.1) is 0 Å². The summed E-state index contributed by atoms with van der Waals surface area (Å²) in [6.45, 7) is 3.23. The van der Waals surface area contributed by atoms with Crippen molar-refractivity contribution < 1.29 is 12.8 Å². The van der Waals surface area contributed by atoms with Crippen LogP contribution in [0.15, 0.2) is 52.4 Å². The van der Waals surface area contributed by atoms with Crippen LogP contribution in [0.25, 0.3) is 10.9 Å². The highest BCUT2D eigenvalue weighted by Crippen LogP contribution is 2.33. The van der Waals surface area contributed by atoms with Crippen LogP contribution in [0.5, 0.6) is 0 Å². The molecule has 0 atom stereocenters. The van der Waals surface area contributed by atoms with Crippen molar-refractivity contribution in [3.8, 4) is 0 Å². The zero-order valence-corrected chi connectivity index (χ0v) is 14.2. The highest BCUT2D eigenvalue weighted by Gasteiger charge is 2.26. The number of aromatic nitrogens is 2. The van der Waals surface area contributed by atoms with E-state index < -0.39 is 15.7 Å². The maximum Gasteiger partial charge on any atom is 0.224 e. The third kappa shape index (κ3) is 2.77. The van der Waals surface area contributed by atoms with Crippen LogP contribution in [0.1, 0.15) is 0 Å². The maximum atomic E-state index is 13.5. The number of anilines is 1. The van der Waals surface area contributed by atoms with E-state index >= 15 is 0 Å². The molecule has 1 aliphatic heterocycles. The van der Waals surface area contributed by atoms with Gasteiger partial charge in [-0.3, -0.25) is 5.10 Å². The molecule has 1 saturated heterocycles. The van der Waals surface area contributed by atoms with Crippen LogP contribution in [-0.4, -0.2) is 44.8 Å². The van der Waals surface area contributed by atoms with E-state index in [9.17, 15) is 12.8 Å². The molecule has 2 aromatic carbocycles. The lowest BCUT2D eigenvalue weighted by molar-refractivity contribution is 0.586. The molecular formula is C17H17FN4O2S. The number of nitrogens with one attached hydrogen (secondary N) is 2. The van der Waals surface area contributed by atoms with Crippen molar-refractivity contribution >= 4 is 26.4 Å². The Bertz CT molecular complexity index is 1030. The number of H-pyrrole nitrogens is 1. The first kappa shape index (κ1) is 16.0. The lowest BCUT2D eigenvalue weighted by Crippen LogP contribution is -2.43. The first-order valence-corrected chi connectivity index (χ1v) is 9.49. The van der Waals surface area contributed by atoms with Crippen LogP contribution >= 0.6 is 0 Å². The average molecular weight is 360 g/mol. The van der Waals surface area contributed by atoms with Crippen LogP contribution in [0, 0.1) is 5.82 Å². The molecule has 25 heavy (non-hydrogen) atoms. The first-order valence-electron chi connectivity index (χ1n) is 8.01. The highest BCUT2D eigenvalue weighted by molar-refractivity contribution is 7.91. The van der Waals surface area contributed by atoms with E-state index in [1.165, 1.54) is 18.2 Å². The Morgan fingerprint density at radius 2 is 1.84 bits per heavy atom. The summed E-state index contributed by atoms with van der Waals surface area (Å²) < 4.78 is 39.6. The van der Waals surface area contributed by atoms with E-state index in [0.717, 1.165) is 37.9 Å². The summed E-state index contributed by atoms with van der Waals surface area (Å²) in [4.78, 5) is 2.05. The van der Waals surface area contributed by atoms with Crippen molar-refractivity contribution in [2.24, 2.45) is 0 Å². The molecule has 8 heteroatoms. The minimum absolute atomic E-state index is 0.00207. The molecule has 4 rings (SSSR count). The molecule has 2 N–H and O–H groups in total. The number of halogens is 1. The lowest BCUT2D eigenvalue weighted by atomic mass is 10.2. The fourth-order valence-corrected chi connectivity index (χ4v) is 4.54. The van der Waals surface area contributed by atoms with Gasteiger partial charge in [-0.25, -0.2) is 12.8 Å². The molecule has 0 amide bonds. The summed E-state index contributed by atoms with van der Waals surface area (Å²) in [6, 6.07) is 10.5. The lowest BCUT2D eigenvalue weighted by Gasteiger charge is -2.30. The molecule has 1 aromatic heterocycles. The number of piperazine rings is 1. The van der Waals surface area contributed by atoms with Crippen molar-refractivity contribution in [3.05, 3.63) is 48.3 Å². The standard InChI is InChI=1S/C17H17FN4O2S/c18-12-3-1-4-13(11-12)25(23,24)17-16-14(20-21-17)5-2-6-15(16)22-9-7-19-8-10-22/h1-6,11,19H,7-10H2,(H,20,21). The van der Waals surface area contributed by atoms with Crippen LogP contribution in [0.4, 0.5) is 10.1 Å². The van der Waals surface area contributed by atoms with E-state index in [1.54, 1.807) is 6.07 Å². The number of hydrogen-bond acceptors (Lipinski definition) is 5. The highest BCUT2D eigenvalue weighted by atomic mass is 32.2. The van der Waals surface area contributed by atoms with Crippen molar-refractivity contribution in [2.45, 2.75) is 9.92 Å². The Labute approximate surface area is 144 Å². The first-order chi connectivity index (χ1) is 12.1. The molecule has 1 aliphatic rings. The van der Waals surface area contributed by atoms with Crippen molar-refractivity contribution in [1.82, 2.24) is 15.5 Å². The molecule has 0 saturated carbocycles. The van der Waals surface area contributed by atoms with Gasteiger partial charge in [0.15, 0.2) is 5.03 Å². The second-order valence-corrected chi connectivity index (χ2v) is 7.81. The smallest absolute Gasteiger partial charge is 0.224 e. The number of hydrogen-bond donors (Lipinski definition) is 2. The molecule has 0 bridgehead atoms. The fourth-order valence-electron chi connectivity index (χ4n) is 3.14. The summed E-state index contributed by atoms with van der Waals surface area (Å²) in [6.07, 6.45) is 0. The minimum atomic E-state index is -3.91. The monoisotopic (exact) mass is 360 g/mol. The van der Waals surface area contributed by atoms with E-state index in [-0.39, 0.29) is 9.92 Å². The van der Waals surface area contributed by atoms with Gasteiger partial charge in [0, 0.05) is 31.9 Å². The number of nitrogens with zero attached hydrogens (tertiary/aromatic N) is 2. The second-order valence-electron chi connectivity index (χ2n) is 5.92. The van der Waals surface area contributed by atoms with Crippen LogP contribution < -0.4 is 10.2 Å². The van der Waals surface area contributed by atoms with Crippen molar-refractivity contribution in [2.75, 3.05) is 31.1 Å². The summed E-state index contributed by atoms with van der Waals surface area (Å²) in [5.74, 6) is -0.591. The number of benzene rings is 2. The largest absolute Gasteiger partial charge is 0.368 e. The van der Waals surface area contributed by atoms with Crippen molar-refractivity contribution in [1.29, 1.82) is 0 Å². The third-order valence-corrected chi connectivity index (χ3v) is 6.07. The molecule has 0 unspecified atom stereocenters. The quantitative estimate of drug-likeness (QED) is 0.746. The Hall–Kier alpha value is -2.45. The van der Waals surface area contributed by atoms with E-state index in [1.807, 2.05) is 12.1 Å². The maximum absolute atomic E-state index is 13.5. The molecule has 3 aromatic rings. The molecule has 6 nitrogen and oxygen atoms in total. The predicted octanol–water partition coefficient (Wildman–Crippen LogP) is 1.94. The van der Waals surface area contributed by atoms with Gasteiger partial charge in [-0.05, 0) is 30.3 Å². The fraction of sp³-hybridized carbons (Fsp3) is 0.235. The summed E-state index contributed by atoms with van der Waals surface area (Å²) in [5.41, 5.74) is 1.40. The Kier molecular flexibility index (Phi) is 3.93. The molecule has 1 fully saturated rings. The molecular weight excluding hydrogens is 343 g/mol. The van der Waals surface area contributed by atoms with Gasteiger partial charge in [-0.2, -0.15) is 5.10 Å². The van der Waals surface area contributed by atoms with Crippen LogP contribution in [0.3, 0.4) is 0 Å². The van der Waals surface area contributed by atoms with Gasteiger partial charge in [0.1, 0.15) is 5.82 Å². The van der Waals surface area contributed by atoms with E-state index in [4.69, 9.17) is 0 Å². The zero-order chi connectivity index (χ0) is 17.4. The van der Waals surface area contributed by atoms with Gasteiger partial charge < -0.3 is 10.2 Å². The van der Waals surface area contributed by atoms with Gasteiger partial charge in [0.05, 0.1) is 15.8 Å². The summed E-state index contributed by atoms with van der Waals surface area (Å²) >= 11 is 0. The Morgan fingerprint density at radius 1 is 1.08 bits per heavy atom. The minimum Gasteiger partial charge on any atom is -0.368 e. The third-order valence-electron chi connectivity index (χ3n) is 4.36. The summed E-state index contributed by atoms with van der Waals surface area (Å²) in [7, 11) is -3.91. The Balaban J connectivity index is 1.90. The average Bonchev–Trinajstić information content (AvgIpc) is 3.07. The zero-order valence-electron chi connectivity index (χ0n) is 13.4. The SMILES string of the molecule is O=S(=O)(c1cccc(F)c1)c1[nH]nc2cccc(N3CCNCC3)c12.